The van der Waals surface area contributed by atoms with Crippen molar-refractivity contribution in [2.45, 2.75) is 196 Å². The molecule has 18 nitrogen and oxygen atoms in total. The summed E-state index contributed by atoms with van der Waals surface area (Å²) < 4.78 is 94.4. The van der Waals surface area contributed by atoms with Crippen molar-refractivity contribution in [2.24, 2.45) is 0 Å². The molecule has 0 aliphatic carbocycles. The van der Waals surface area contributed by atoms with Crippen LogP contribution in [0.5, 0.6) is 34.5 Å². The smallest absolute Gasteiger partial charge is 0.235 e. The first-order valence-corrected chi connectivity index (χ1v) is 34.9. The highest BCUT2D eigenvalue weighted by Gasteiger charge is 2.14. The van der Waals surface area contributed by atoms with Crippen LogP contribution in [0.4, 0.5) is 0 Å². The van der Waals surface area contributed by atoms with Crippen LogP contribution in [0.3, 0.4) is 0 Å². The molecule has 0 spiro atoms. The standard InChI is InChI=1S/C78H102N6O12/c1-7-13-19-25-37-91-67-43-61-62(44-68(67)92-38-26-20-14-8-2)80-50-56-33-34-58(76(88)74(56)86)52-82-65-47-71(95-41-29-23-17-11-5)72(96-42-30-24-18-12-6)48-66(65)84-54-60-36-35-59(77(89)78(60)90)53-83-64-46-70(94-40-28-22-16-10-4)69(93-39-27-21-15-9-3)45-63(64)81-51-57-32-31-55(49-79-61)73(85)75(57)87/h31-36,43-54,79-84H,7-30,37-42H2,1-6H3/i49D,50D,51D,52D,53D,54D. The molecule has 0 fully saturated rings. The molecule has 0 radical (unpaired) electrons. The number of ether oxygens (including phenoxy) is 6. The Morgan fingerprint density at radius 2 is 0.385 bits per heavy atom. The van der Waals surface area contributed by atoms with Crippen molar-refractivity contribution in [1.82, 2.24) is 29.9 Å². The summed E-state index contributed by atoms with van der Waals surface area (Å²) in [4.78, 5) is 104. The number of benzene rings is 6. The number of aromatic amines is 6. The summed E-state index contributed by atoms with van der Waals surface area (Å²) in [7, 11) is 0. The highest BCUT2D eigenvalue weighted by Crippen LogP contribution is 2.34. The minimum atomic E-state index is -1.16. The summed E-state index contributed by atoms with van der Waals surface area (Å²) in [5.74, 6) is 1.51. The molecule has 0 unspecified atom stereocenters. The van der Waals surface area contributed by atoms with Gasteiger partial charge in [0.25, 0.3) is 0 Å². The molecule has 4 aromatic heterocycles. The van der Waals surface area contributed by atoms with Crippen LogP contribution >= 0.6 is 0 Å². The monoisotopic (exact) mass is 1320 g/mol. The van der Waals surface area contributed by atoms with Crippen molar-refractivity contribution in [1.29, 1.82) is 0 Å². The first kappa shape index (κ1) is 65.6. The molecular formula is C78H102N6O12. The molecular weight excluding hydrogens is 1210 g/mol. The van der Waals surface area contributed by atoms with Crippen LogP contribution in [0, 0.1) is 0 Å². The van der Waals surface area contributed by atoms with Gasteiger partial charge in [-0.2, -0.15) is 0 Å². The Morgan fingerprint density at radius 1 is 0.240 bits per heavy atom. The molecule has 0 saturated heterocycles. The third-order valence-corrected chi connectivity index (χ3v) is 16.1. The van der Waals surface area contributed by atoms with E-state index in [1.54, 1.807) is 0 Å². The molecule has 6 N–H and O–H groups in total. The lowest BCUT2D eigenvalue weighted by atomic mass is 10.2. The first-order valence-electron chi connectivity index (χ1n) is 37.9. The fourth-order valence-corrected chi connectivity index (χ4v) is 10.3. The summed E-state index contributed by atoms with van der Waals surface area (Å²) in [6.07, 6.45) is 17.9. The van der Waals surface area contributed by atoms with Gasteiger partial charge >= 0.3 is 0 Å². The Bertz CT molecular complexity index is 3980. The number of nitrogens with one attached hydrogen (secondary N) is 6. The largest absolute Gasteiger partial charge is 0.490 e. The van der Waals surface area contributed by atoms with E-state index in [-0.39, 0.29) is 107 Å². The Morgan fingerprint density at radius 3 is 0.521 bits per heavy atom. The molecule has 0 amide bonds. The van der Waals surface area contributed by atoms with Crippen LogP contribution in [0.15, 0.2) is 139 Å². The molecule has 6 bridgehead atoms. The molecule has 516 valence electrons. The topological polar surface area (TPSA) is 253 Å². The molecule has 0 aliphatic heterocycles. The van der Waals surface area contributed by atoms with E-state index in [9.17, 15) is 37.0 Å². The lowest BCUT2D eigenvalue weighted by Crippen LogP contribution is -2.22. The first-order chi connectivity index (χ1) is 49.4. The van der Waals surface area contributed by atoms with Crippen molar-refractivity contribution in [2.75, 3.05) is 39.6 Å². The van der Waals surface area contributed by atoms with E-state index in [1.165, 1.54) is 72.8 Å². The second-order valence-electron chi connectivity index (χ2n) is 23.9. The summed E-state index contributed by atoms with van der Waals surface area (Å²) in [5.41, 5.74) is -6.74. The Balaban J connectivity index is 1.66. The van der Waals surface area contributed by atoms with E-state index in [0.717, 1.165) is 116 Å². The molecule has 10 aromatic rings. The van der Waals surface area contributed by atoms with Gasteiger partial charge in [0.2, 0.25) is 32.6 Å². The van der Waals surface area contributed by atoms with E-state index in [1.807, 2.05) is 0 Å². The molecule has 10 rings (SSSR count). The number of fused-ring (bicyclic) bond motifs is 3. The fourth-order valence-electron chi connectivity index (χ4n) is 10.3. The van der Waals surface area contributed by atoms with Gasteiger partial charge in [-0.1, -0.05) is 157 Å². The normalized spacial score (nSPS) is 11.9. The minimum Gasteiger partial charge on any atom is -0.490 e. The predicted molar refractivity (Wildman–Crippen MR) is 392 cm³/mol. The number of rotatable bonds is 36. The van der Waals surface area contributed by atoms with E-state index in [2.05, 4.69) is 71.4 Å². The maximum Gasteiger partial charge on any atom is 0.235 e. The number of H-pyrrole nitrogens is 6. The van der Waals surface area contributed by atoms with Crippen LogP contribution < -0.4 is 61.0 Å². The van der Waals surface area contributed by atoms with Gasteiger partial charge in [-0.25, -0.2) is 0 Å². The van der Waals surface area contributed by atoms with Crippen LogP contribution in [-0.2, 0) is 0 Å². The van der Waals surface area contributed by atoms with Gasteiger partial charge in [0, 0.05) is 106 Å². The Hall–Kier alpha value is -9.06. The zero-order valence-electron chi connectivity index (χ0n) is 63.0. The molecule has 96 heavy (non-hydrogen) atoms. The molecule has 0 atom stereocenters. The lowest BCUT2D eigenvalue weighted by Gasteiger charge is -2.14. The van der Waals surface area contributed by atoms with Crippen LogP contribution in [0.25, 0.3) is 65.4 Å². The fraction of sp³-hybridized carbons (Fsp3) is 0.462. The Labute approximate surface area is 570 Å². The van der Waals surface area contributed by atoms with Gasteiger partial charge < -0.3 is 58.3 Å². The summed E-state index contributed by atoms with van der Waals surface area (Å²) in [6.45, 7) is 14.3. The van der Waals surface area contributed by atoms with Crippen molar-refractivity contribution in [3.63, 3.8) is 0 Å². The van der Waals surface area contributed by atoms with Gasteiger partial charge in [-0.05, 0) is 74.9 Å². The highest BCUT2D eigenvalue weighted by molar-refractivity contribution is 5.81. The molecule has 0 aliphatic rings. The van der Waals surface area contributed by atoms with Crippen LogP contribution in [0.2, 0.25) is 0 Å². The SMILES string of the molecule is [2H]c1[nH]c2cc(OCCCCCC)c(OCCCCCC)cc2[nH]c([2H])c2ccc(c([2H])[nH]c3cc(OCCCCCC)c(OCCCCCC)cc3[nH]c([2H])c3ccc(c([2H])[nH]c4cc(OCCCCCC)c(OCCCCCC)cc4[nH]c([2H])c4ccc1c(=O)c4=O)c(=O)c3=O)c(=O)c2=O. The Kier molecular flexibility index (Phi) is 28.0. The van der Waals surface area contributed by atoms with Gasteiger partial charge in [-0.3, -0.25) is 28.8 Å². The van der Waals surface area contributed by atoms with Crippen molar-refractivity contribution >= 4 is 65.4 Å². The van der Waals surface area contributed by atoms with E-state index >= 15 is 0 Å². The van der Waals surface area contributed by atoms with E-state index in [4.69, 9.17) is 28.4 Å². The second-order valence-corrected chi connectivity index (χ2v) is 23.9. The van der Waals surface area contributed by atoms with Gasteiger partial charge in [0.05, 0.1) is 81.0 Å². The summed E-state index contributed by atoms with van der Waals surface area (Å²) in [6, 6.07) is 16.3. The second kappa shape index (κ2) is 41.0. The summed E-state index contributed by atoms with van der Waals surface area (Å²) in [5, 5.41) is -2.43. The van der Waals surface area contributed by atoms with Crippen molar-refractivity contribution in [3.8, 4) is 34.5 Å². The van der Waals surface area contributed by atoms with Crippen LogP contribution in [-0.4, -0.2) is 69.5 Å². The van der Waals surface area contributed by atoms with Gasteiger partial charge in [0.1, 0.15) is 0 Å². The zero-order chi connectivity index (χ0) is 73.5. The maximum absolute atomic E-state index is 14.4. The molecule has 18 heteroatoms. The van der Waals surface area contributed by atoms with E-state index in [0.29, 0.717) is 38.5 Å². The lowest BCUT2D eigenvalue weighted by molar-refractivity contribution is 0.259. The third kappa shape index (κ3) is 22.8. The molecule has 4 heterocycles. The van der Waals surface area contributed by atoms with Crippen molar-refractivity contribution in [3.05, 3.63) is 171 Å². The average Bonchev–Trinajstić information content (AvgIpc) is 0.796. The quantitative estimate of drug-likeness (QED) is 0.0158. The summed E-state index contributed by atoms with van der Waals surface area (Å²) >= 11 is 0. The predicted octanol–water partition coefficient (Wildman–Crippen LogP) is 17.5. The van der Waals surface area contributed by atoms with Gasteiger partial charge in [-0.15, -0.1) is 0 Å². The third-order valence-electron chi connectivity index (χ3n) is 16.1. The molecule has 0 saturated carbocycles. The highest BCUT2D eigenvalue weighted by atomic mass is 16.5. The average molecular weight is 1320 g/mol. The van der Waals surface area contributed by atoms with Crippen molar-refractivity contribution < 1.29 is 36.6 Å². The zero-order valence-corrected chi connectivity index (χ0v) is 57.0. The number of hydrogen-bond acceptors (Lipinski definition) is 12. The molecule has 6 aromatic carbocycles. The number of unbranched alkanes of at least 4 members (excludes halogenated alkanes) is 18. The minimum absolute atomic E-state index is 0.0393. The van der Waals surface area contributed by atoms with Crippen LogP contribution in [0.1, 0.15) is 204 Å². The van der Waals surface area contributed by atoms with Gasteiger partial charge in [0.15, 0.2) is 34.5 Å². The number of hydrogen-bond donors (Lipinski definition) is 6. The maximum atomic E-state index is 14.4. The number of aromatic nitrogens is 6. The van der Waals surface area contributed by atoms with E-state index < -0.39 is 102 Å².